The molecule has 2 N–H and O–H groups in total. The average molecular weight is 412 g/mol. The zero-order chi connectivity index (χ0) is 22.2. The molecule has 2 heterocycles. The number of carbonyl (C=O) groups excluding carboxylic acids is 2. The molecule has 3 rings (SSSR count). The lowest BCUT2D eigenvalue weighted by Crippen LogP contribution is -2.35. The molecule has 1 aliphatic heterocycles. The lowest BCUT2D eigenvalue weighted by atomic mass is 9.93. The molecule has 30 heavy (non-hydrogen) atoms. The fourth-order valence-corrected chi connectivity index (χ4v) is 4.03. The van der Waals surface area contributed by atoms with Crippen molar-refractivity contribution in [3.05, 3.63) is 57.9 Å². The Morgan fingerprint density at radius 3 is 2.40 bits per heavy atom. The van der Waals surface area contributed by atoms with Gasteiger partial charge in [-0.3, -0.25) is 9.59 Å². The summed E-state index contributed by atoms with van der Waals surface area (Å²) in [5.41, 5.74) is 3.84. The number of likely N-dealkylation sites (N-methyl/N-ethyl adjacent to an activating group) is 1. The Kier molecular flexibility index (Phi) is 6.03. The Balaban J connectivity index is 2.25. The summed E-state index contributed by atoms with van der Waals surface area (Å²) in [6, 6.07) is 6.56. The number of hydrogen-bond donors (Lipinski definition) is 2. The van der Waals surface area contributed by atoms with Gasteiger partial charge in [0.2, 0.25) is 0 Å². The van der Waals surface area contributed by atoms with Crippen LogP contribution in [-0.4, -0.2) is 65.9 Å². The molecule has 2 aromatic rings. The number of H-pyrrole nitrogens is 1. The molecule has 0 radical (unpaired) electrons. The van der Waals surface area contributed by atoms with Gasteiger partial charge in [0, 0.05) is 35.6 Å². The number of para-hydroxylation sites is 1. The number of aliphatic hydroxyl groups excluding tert-OH is 1. The van der Waals surface area contributed by atoms with Crippen LogP contribution in [0.1, 0.15) is 34.1 Å². The van der Waals surface area contributed by atoms with E-state index in [1.54, 1.807) is 13.2 Å². The monoisotopic (exact) mass is 411 g/mol. The van der Waals surface area contributed by atoms with Gasteiger partial charge in [-0.05, 0) is 46.5 Å². The Hall–Kier alpha value is -3.06. The number of ketones is 1. The van der Waals surface area contributed by atoms with E-state index in [1.807, 2.05) is 58.0 Å². The largest absolute Gasteiger partial charge is 0.507 e. The molecule has 0 bridgehead atoms. The molecule has 1 aromatic heterocycles. The summed E-state index contributed by atoms with van der Waals surface area (Å²) in [7, 11) is 5.36. The van der Waals surface area contributed by atoms with Crippen molar-refractivity contribution in [1.82, 2.24) is 14.8 Å². The molecule has 1 atom stereocenters. The third-order valence-electron chi connectivity index (χ3n) is 5.69. The second-order valence-corrected chi connectivity index (χ2v) is 7.91. The Morgan fingerprint density at radius 2 is 1.83 bits per heavy atom. The molecule has 0 spiro atoms. The summed E-state index contributed by atoms with van der Waals surface area (Å²) in [5, 5.41) is 11.3. The highest BCUT2D eigenvalue weighted by atomic mass is 16.5. The predicted molar refractivity (Wildman–Crippen MR) is 116 cm³/mol. The molecule has 1 amide bonds. The number of aromatic nitrogens is 1. The van der Waals surface area contributed by atoms with Crippen LogP contribution in [0.2, 0.25) is 0 Å². The molecule has 1 fully saturated rings. The Morgan fingerprint density at radius 1 is 1.17 bits per heavy atom. The summed E-state index contributed by atoms with van der Waals surface area (Å²) in [4.78, 5) is 32.8. The lowest BCUT2D eigenvalue weighted by molar-refractivity contribution is -0.140. The van der Waals surface area contributed by atoms with E-state index in [2.05, 4.69) is 4.98 Å². The minimum atomic E-state index is -0.727. The van der Waals surface area contributed by atoms with Gasteiger partial charge in [0.05, 0.1) is 18.7 Å². The first kappa shape index (κ1) is 21.6. The number of methoxy groups -OCH3 is 1. The summed E-state index contributed by atoms with van der Waals surface area (Å²) in [6.45, 7) is 6.57. The number of carbonyl (C=O) groups is 2. The maximum Gasteiger partial charge on any atom is 0.295 e. The van der Waals surface area contributed by atoms with Crippen LogP contribution in [0.5, 0.6) is 5.75 Å². The van der Waals surface area contributed by atoms with E-state index in [1.165, 1.54) is 4.90 Å². The molecule has 1 aromatic carbocycles. The molecule has 7 heteroatoms. The number of benzene rings is 1. The molecule has 0 saturated carbocycles. The molecular weight excluding hydrogens is 382 g/mol. The van der Waals surface area contributed by atoms with Crippen LogP contribution in [0.15, 0.2) is 29.8 Å². The first-order valence-corrected chi connectivity index (χ1v) is 9.91. The number of likely N-dealkylation sites (tertiary alicyclic amines) is 1. The number of hydrogen-bond acceptors (Lipinski definition) is 5. The van der Waals surface area contributed by atoms with E-state index in [0.29, 0.717) is 30.0 Å². The van der Waals surface area contributed by atoms with Crippen molar-refractivity contribution in [3.63, 3.8) is 0 Å². The molecule has 1 unspecified atom stereocenters. The third-order valence-corrected chi connectivity index (χ3v) is 5.69. The number of nitrogens with zero attached hydrogens (tertiary/aromatic N) is 2. The number of aliphatic hydroxyl groups is 1. The summed E-state index contributed by atoms with van der Waals surface area (Å²) in [6.07, 6.45) is 0. The fourth-order valence-electron chi connectivity index (χ4n) is 4.03. The molecule has 0 aliphatic carbocycles. The molecule has 1 aliphatic rings. The fraction of sp³-hybridized carbons (Fsp3) is 0.391. The van der Waals surface area contributed by atoms with Crippen molar-refractivity contribution in [1.29, 1.82) is 0 Å². The molecule has 1 saturated heterocycles. The Bertz CT molecular complexity index is 1020. The van der Waals surface area contributed by atoms with Crippen LogP contribution in [0.3, 0.4) is 0 Å². The normalized spacial score (nSPS) is 18.5. The number of rotatable bonds is 6. The third kappa shape index (κ3) is 3.61. The topological polar surface area (TPSA) is 85.9 Å². The predicted octanol–water partition coefficient (Wildman–Crippen LogP) is 2.93. The van der Waals surface area contributed by atoms with Crippen LogP contribution >= 0.6 is 0 Å². The van der Waals surface area contributed by atoms with E-state index in [9.17, 15) is 14.7 Å². The van der Waals surface area contributed by atoms with Crippen molar-refractivity contribution < 1.29 is 19.4 Å². The molecule has 7 nitrogen and oxygen atoms in total. The minimum Gasteiger partial charge on any atom is -0.507 e. The van der Waals surface area contributed by atoms with Gasteiger partial charge in [-0.25, -0.2) is 0 Å². The first-order chi connectivity index (χ1) is 14.2. The average Bonchev–Trinajstić information content (AvgIpc) is 3.11. The van der Waals surface area contributed by atoms with Crippen LogP contribution in [0, 0.1) is 20.8 Å². The van der Waals surface area contributed by atoms with Gasteiger partial charge < -0.3 is 24.6 Å². The summed E-state index contributed by atoms with van der Waals surface area (Å²) in [5.74, 6) is -0.892. The molecule has 160 valence electrons. The van der Waals surface area contributed by atoms with Gasteiger partial charge in [-0.15, -0.1) is 0 Å². The van der Waals surface area contributed by atoms with Crippen LogP contribution < -0.4 is 4.74 Å². The number of Topliss-reactive ketones (excluding diaryl/α,β-unsaturated/α-hetero) is 1. The smallest absolute Gasteiger partial charge is 0.295 e. The van der Waals surface area contributed by atoms with Crippen molar-refractivity contribution >= 4 is 17.4 Å². The van der Waals surface area contributed by atoms with Gasteiger partial charge in [0.15, 0.2) is 0 Å². The van der Waals surface area contributed by atoms with Crippen molar-refractivity contribution in [2.24, 2.45) is 0 Å². The standard InChI is InChI=1S/C23H29N3O4/c1-13-14(2)24-15(3)18(13)21(27)19-20(16-9-7-8-10-17(16)30-6)26(12-11-25(4)5)23(29)22(19)28/h7-10,20,24,27H,11-12H2,1-6H3/b21-19+. The maximum absolute atomic E-state index is 13.1. The minimum absolute atomic E-state index is 0.0912. The Labute approximate surface area is 176 Å². The van der Waals surface area contributed by atoms with Crippen LogP contribution in [0.4, 0.5) is 0 Å². The maximum atomic E-state index is 13.1. The second-order valence-electron chi connectivity index (χ2n) is 7.91. The van der Waals surface area contributed by atoms with E-state index in [-0.39, 0.29) is 11.3 Å². The number of aryl methyl sites for hydroxylation is 2. The zero-order valence-corrected chi connectivity index (χ0v) is 18.4. The number of amides is 1. The van der Waals surface area contributed by atoms with Crippen LogP contribution in [0.25, 0.3) is 5.76 Å². The van der Waals surface area contributed by atoms with Crippen molar-refractivity contribution in [2.45, 2.75) is 26.8 Å². The van der Waals surface area contributed by atoms with Crippen molar-refractivity contribution in [2.75, 3.05) is 34.3 Å². The van der Waals surface area contributed by atoms with Crippen molar-refractivity contribution in [3.8, 4) is 5.75 Å². The van der Waals surface area contributed by atoms with E-state index < -0.39 is 17.7 Å². The number of aromatic amines is 1. The zero-order valence-electron chi connectivity index (χ0n) is 18.4. The van der Waals surface area contributed by atoms with Crippen LogP contribution in [-0.2, 0) is 9.59 Å². The van der Waals surface area contributed by atoms with Gasteiger partial charge in [-0.1, -0.05) is 18.2 Å². The highest BCUT2D eigenvalue weighted by molar-refractivity contribution is 6.46. The summed E-state index contributed by atoms with van der Waals surface area (Å²) < 4.78 is 5.52. The SMILES string of the molecule is COc1ccccc1C1/C(=C(\O)c2c(C)[nH]c(C)c2C)C(=O)C(=O)N1CCN(C)C. The highest BCUT2D eigenvalue weighted by Gasteiger charge is 2.47. The summed E-state index contributed by atoms with van der Waals surface area (Å²) >= 11 is 0. The van der Waals surface area contributed by atoms with Gasteiger partial charge in [0.1, 0.15) is 11.5 Å². The first-order valence-electron chi connectivity index (χ1n) is 9.91. The lowest BCUT2D eigenvalue weighted by Gasteiger charge is -2.27. The van der Waals surface area contributed by atoms with E-state index >= 15 is 0 Å². The van der Waals surface area contributed by atoms with Gasteiger partial charge in [0.25, 0.3) is 11.7 Å². The quantitative estimate of drug-likeness (QED) is 0.434. The number of ether oxygens (including phenoxy) is 1. The van der Waals surface area contributed by atoms with Gasteiger partial charge >= 0.3 is 0 Å². The van der Waals surface area contributed by atoms with E-state index in [0.717, 1.165) is 17.0 Å². The second kappa shape index (κ2) is 8.36. The highest BCUT2D eigenvalue weighted by Crippen LogP contribution is 2.43. The number of nitrogens with one attached hydrogen (secondary N) is 1. The van der Waals surface area contributed by atoms with E-state index in [4.69, 9.17) is 4.74 Å². The van der Waals surface area contributed by atoms with Gasteiger partial charge in [-0.2, -0.15) is 0 Å². The molecular formula is C23H29N3O4.